The van der Waals surface area contributed by atoms with Crippen molar-refractivity contribution >= 4 is 21.6 Å². The van der Waals surface area contributed by atoms with E-state index >= 15 is 0 Å². The molecule has 186 valence electrons. The molecule has 1 aliphatic heterocycles. The van der Waals surface area contributed by atoms with E-state index in [0.717, 1.165) is 25.9 Å². The van der Waals surface area contributed by atoms with Gasteiger partial charge in [0.05, 0.1) is 4.90 Å². The maximum atomic E-state index is 13.5. The SMILES string of the molecule is CN1CCC[C@@H](CNC(=O)c2cc(NCc3cccc(F)c3)cc(S(=O)(=O)NC(C)(C)C)c2)C1. The zero-order valence-electron chi connectivity index (χ0n) is 20.3. The van der Waals surface area contributed by atoms with Crippen LogP contribution in [0.5, 0.6) is 0 Å². The predicted molar refractivity (Wildman–Crippen MR) is 133 cm³/mol. The topological polar surface area (TPSA) is 90.5 Å². The summed E-state index contributed by atoms with van der Waals surface area (Å²) in [7, 11) is -1.80. The van der Waals surface area contributed by atoms with Gasteiger partial charge < -0.3 is 15.5 Å². The quantitative estimate of drug-likeness (QED) is 0.526. The molecule has 3 rings (SSSR count). The van der Waals surface area contributed by atoms with Crippen molar-refractivity contribution in [3.8, 4) is 0 Å². The highest BCUT2D eigenvalue weighted by Gasteiger charge is 2.24. The van der Waals surface area contributed by atoms with Gasteiger partial charge in [0.1, 0.15) is 5.82 Å². The molecule has 34 heavy (non-hydrogen) atoms. The number of benzene rings is 2. The molecule has 0 aliphatic carbocycles. The average molecular weight is 491 g/mol. The molecular weight excluding hydrogens is 455 g/mol. The first-order valence-electron chi connectivity index (χ1n) is 11.6. The number of anilines is 1. The average Bonchev–Trinajstić information content (AvgIpc) is 2.74. The fourth-order valence-corrected chi connectivity index (χ4v) is 5.57. The Morgan fingerprint density at radius 1 is 1.18 bits per heavy atom. The number of rotatable bonds is 8. The molecule has 7 nitrogen and oxygen atoms in total. The molecule has 0 spiro atoms. The summed E-state index contributed by atoms with van der Waals surface area (Å²) >= 11 is 0. The molecule has 1 amide bonds. The maximum absolute atomic E-state index is 13.5. The third-order valence-electron chi connectivity index (χ3n) is 5.58. The van der Waals surface area contributed by atoms with E-state index in [9.17, 15) is 17.6 Å². The first kappa shape index (κ1) is 26.1. The van der Waals surface area contributed by atoms with Gasteiger partial charge in [-0.25, -0.2) is 17.5 Å². The minimum absolute atomic E-state index is 0.00535. The van der Waals surface area contributed by atoms with Gasteiger partial charge in [0.25, 0.3) is 5.91 Å². The van der Waals surface area contributed by atoms with E-state index in [0.29, 0.717) is 23.7 Å². The first-order chi connectivity index (χ1) is 15.9. The van der Waals surface area contributed by atoms with Crippen molar-refractivity contribution in [3.05, 3.63) is 59.4 Å². The van der Waals surface area contributed by atoms with E-state index in [1.165, 1.54) is 24.3 Å². The third-order valence-corrected chi connectivity index (χ3v) is 7.32. The number of carbonyl (C=O) groups excluding carboxylic acids is 1. The molecule has 0 aromatic heterocycles. The van der Waals surface area contributed by atoms with E-state index in [-0.39, 0.29) is 28.7 Å². The second-order valence-corrected chi connectivity index (χ2v) is 11.7. The molecule has 3 N–H and O–H groups in total. The van der Waals surface area contributed by atoms with E-state index in [4.69, 9.17) is 0 Å². The fourth-order valence-electron chi connectivity index (χ4n) is 4.08. The molecule has 2 aromatic carbocycles. The summed E-state index contributed by atoms with van der Waals surface area (Å²) in [6.07, 6.45) is 2.15. The Morgan fingerprint density at radius 3 is 2.62 bits per heavy atom. The lowest BCUT2D eigenvalue weighted by molar-refractivity contribution is 0.0936. The van der Waals surface area contributed by atoms with E-state index in [1.54, 1.807) is 39.0 Å². The summed E-state index contributed by atoms with van der Waals surface area (Å²) < 4.78 is 42.2. The number of sulfonamides is 1. The fraction of sp³-hybridized carbons (Fsp3) is 0.480. The van der Waals surface area contributed by atoms with Gasteiger partial charge in [0, 0.05) is 36.4 Å². The van der Waals surface area contributed by atoms with E-state index in [2.05, 4.69) is 27.3 Å². The minimum atomic E-state index is -3.87. The molecule has 0 radical (unpaired) electrons. The molecule has 1 aliphatic rings. The Morgan fingerprint density at radius 2 is 1.94 bits per heavy atom. The molecule has 1 atom stereocenters. The van der Waals surface area contributed by atoms with Crippen LogP contribution in [0.2, 0.25) is 0 Å². The number of nitrogens with one attached hydrogen (secondary N) is 3. The third kappa shape index (κ3) is 7.78. The van der Waals surface area contributed by atoms with E-state index < -0.39 is 15.6 Å². The highest BCUT2D eigenvalue weighted by molar-refractivity contribution is 7.89. The highest BCUT2D eigenvalue weighted by atomic mass is 32.2. The lowest BCUT2D eigenvalue weighted by Crippen LogP contribution is -2.40. The molecule has 1 heterocycles. The Bertz CT molecular complexity index is 1120. The number of hydrogen-bond acceptors (Lipinski definition) is 5. The van der Waals surface area contributed by atoms with Gasteiger partial charge in [-0.2, -0.15) is 0 Å². The monoisotopic (exact) mass is 490 g/mol. The van der Waals surface area contributed by atoms with Gasteiger partial charge in [-0.05, 0) is 89.0 Å². The van der Waals surface area contributed by atoms with Crippen LogP contribution >= 0.6 is 0 Å². The number of hydrogen-bond donors (Lipinski definition) is 3. The molecule has 1 saturated heterocycles. The van der Waals surface area contributed by atoms with Gasteiger partial charge in [-0.3, -0.25) is 4.79 Å². The molecule has 1 fully saturated rings. The summed E-state index contributed by atoms with van der Waals surface area (Å²) in [5, 5.41) is 6.09. The normalized spacial score (nSPS) is 17.4. The van der Waals surface area contributed by atoms with E-state index in [1.807, 2.05) is 0 Å². The van der Waals surface area contributed by atoms with Gasteiger partial charge in [0.15, 0.2) is 0 Å². The van der Waals surface area contributed by atoms with Gasteiger partial charge in [0.2, 0.25) is 10.0 Å². The van der Waals surface area contributed by atoms with Crippen molar-refractivity contribution in [2.45, 2.75) is 50.6 Å². The number of likely N-dealkylation sites (tertiary alicyclic amines) is 1. The second kappa shape index (κ2) is 10.8. The Balaban J connectivity index is 1.83. The lowest BCUT2D eigenvalue weighted by atomic mass is 9.98. The number of piperidine rings is 1. The molecule has 0 saturated carbocycles. The Labute approximate surface area is 202 Å². The minimum Gasteiger partial charge on any atom is -0.381 e. The van der Waals surface area contributed by atoms with Crippen LogP contribution in [0.3, 0.4) is 0 Å². The lowest BCUT2D eigenvalue weighted by Gasteiger charge is -2.29. The van der Waals surface area contributed by atoms with Crippen LogP contribution in [-0.2, 0) is 16.6 Å². The standard InChI is InChI=1S/C25H35FN4O3S/c1-25(2,3)29-34(32,33)23-13-20(24(31)28-16-19-8-6-10-30(4)17-19)12-22(14-23)27-15-18-7-5-9-21(26)11-18/h5,7,9,11-14,19,27,29H,6,8,10,15-17H2,1-4H3,(H,28,31)/t19-/m0/s1. The van der Waals surface area contributed by atoms with Gasteiger partial charge in [-0.1, -0.05) is 12.1 Å². The summed E-state index contributed by atoms with van der Waals surface area (Å²) in [6.45, 7) is 8.06. The van der Waals surface area contributed by atoms with Crippen LogP contribution in [0, 0.1) is 11.7 Å². The largest absolute Gasteiger partial charge is 0.381 e. The number of carbonyl (C=O) groups is 1. The van der Waals surface area contributed by atoms with Crippen molar-refractivity contribution in [3.63, 3.8) is 0 Å². The second-order valence-electron chi connectivity index (χ2n) is 10.1. The molecular formula is C25H35FN4O3S. The highest BCUT2D eigenvalue weighted by Crippen LogP contribution is 2.22. The summed E-state index contributed by atoms with van der Waals surface area (Å²) in [4.78, 5) is 15.2. The first-order valence-corrected chi connectivity index (χ1v) is 13.0. The number of halogens is 1. The zero-order valence-corrected chi connectivity index (χ0v) is 21.1. The van der Waals surface area contributed by atoms with Crippen LogP contribution in [0.4, 0.5) is 10.1 Å². The van der Waals surface area contributed by atoms with Gasteiger partial charge >= 0.3 is 0 Å². The summed E-state index contributed by atoms with van der Waals surface area (Å²) in [5.41, 5.74) is 0.735. The van der Waals surface area contributed by atoms with Crippen LogP contribution in [0.1, 0.15) is 49.5 Å². The van der Waals surface area contributed by atoms with Crippen LogP contribution in [0.15, 0.2) is 47.4 Å². The Kier molecular flexibility index (Phi) is 8.33. The molecule has 2 aromatic rings. The van der Waals surface area contributed by atoms with Crippen LogP contribution < -0.4 is 15.4 Å². The van der Waals surface area contributed by atoms with Crippen molar-refractivity contribution in [2.75, 3.05) is 32.0 Å². The van der Waals surface area contributed by atoms with Gasteiger partial charge in [-0.15, -0.1) is 0 Å². The van der Waals surface area contributed by atoms with Crippen molar-refractivity contribution in [2.24, 2.45) is 5.92 Å². The molecule has 0 bridgehead atoms. The predicted octanol–water partition coefficient (Wildman–Crippen LogP) is 3.59. The smallest absolute Gasteiger partial charge is 0.251 e. The molecule has 9 heteroatoms. The van der Waals surface area contributed by atoms with Crippen LogP contribution in [-0.4, -0.2) is 51.4 Å². The molecule has 0 unspecified atom stereocenters. The van der Waals surface area contributed by atoms with Crippen molar-refractivity contribution < 1.29 is 17.6 Å². The summed E-state index contributed by atoms with van der Waals surface area (Å²) in [6, 6.07) is 10.7. The number of amides is 1. The number of nitrogens with zero attached hydrogens (tertiary/aromatic N) is 1. The maximum Gasteiger partial charge on any atom is 0.251 e. The van der Waals surface area contributed by atoms with Crippen LogP contribution in [0.25, 0.3) is 0 Å². The summed E-state index contributed by atoms with van der Waals surface area (Å²) in [5.74, 6) is -0.309. The van der Waals surface area contributed by atoms with Crippen molar-refractivity contribution in [1.82, 2.24) is 14.9 Å². The Hall–Kier alpha value is -2.49. The zero-order chi connectivity index (χ0) is 24.9. The van der Waals surface area contributed by atoms with Crippen molar-refractivity contribution in [1.29, 1.82) is 0 Å².